The summed E-state index contributed by atoms with van der Waals surface area (Å²) >= 11 is 23.4. The fraction of sp³-hybridized carbons (Fsp3) is 0.200. The highest BCUT2D eigenvalue weighted by molar-refractivity contribution is 7.48. The molecule has 1 aromatic rings. The molecule has 0 aliphatic heterocycles. The van der Waals surface area contributed by atoms with Crippen LogP contribution in [0.25, 0.3) is 6.08 Å². The van der Waals surface area contributed by atoms with Gasteiger partial charge >= 0.3 is 7.82 Å². The molecule has 0 aliphatic rings. The van der Waals surface area contributed by atoms with Gasteiger partial charge in [-0.25, -0.2) is 4.57 Å². The first-order chi connectivity index (χ1) is 8.81. The molecule has 4 nitrogen and oxygen atoms in total. The van der Waals surface area contributed by atoms with Crippen LogP contribution in [0.15, 0.2) is 17.4 Å². The molecule has 106 valence electrons. The van der Waals surface area contributed by atoms with E-state index in [1.807, 2.05) is 0 Å². The molecule has 0 heterocycles. The van der Waals surface area contributed by atoms with Gasteiger partial charge in [0.2, 0.25) is 0 Å². The molecule has 0 amide bonds. The lowest BCUT2D eigenvalue weighted by molar-refractivity contribution is 0.191. The summed E-state index contributed by atoms with van der Waals surface area (Å²) < 4.78 is 25.7. The molecule has 0 aromatic heterocycles. The maximum absolute atomic E-state index is 11.7. The molecule has 0 fully saturated rings. The lowest BCUT2D eigenvalue weighted by Crippen LogP contribution is -1.92. The SMILES string of the molecule is COP(=O)(OC)O/C(Cl)=C/c1cc(Cl)c(Cl)cc1Cl. The molecule has 1 rings (SSSR count). The van der Waals surface area contributed by atoms with E-state index in [1.165, 1.54) is 32.4 Å². The van der Waals surface area contributed by atoms with E-state index in [-0.39, 0.29) is 5.22 Å². The third kappa shape index (κ3) is 4.83. The quantitative estimate of drug-likeness (QED) is 0.387. The summed E-state index contributed by atoms with van der Waals surface area (Å²) in [6.07, 6.45) is 1.32. The smallest absolute Gasteiger partial charge is 0.392 e. The fourth-order valence-electron chi connectivity index (χ4n) is 1.05. The summed E-state index contributed by atoms with van der Waals surface area (Å²) in [6, 6.07) is 2.94. The first-order valence-electron chi connectivity index (χ1n) is 4.74. The molecule has 19 heavy (non-hydrogen) atoms. The van der Waals surface area contributed by atoms with Crippen LogP contribution in [-0.2, 0) is 18.1 Å². The lowest BCUT2D eigenvalue weighted by atomic mass is 10.2. The predicted molar refractivity (Wildman–Crippen MR) is 78.0 cm³/mol. The monoisotopic (exact) mass is 364 g/mol. The van der Waals surface area contributed by atoms with Crippen molar-refractivity contribution < 1.29 is 18.1 Å². The van der Waals surface area contributed by atoms with Gasteiger partial charge in [-0.3, -0.25) is 9.05 Å². The molecular weight excluding hydrogens is 357 g/mol. The molecule has 0 saturated carbocycles. The minimum Gasteiger partial charge on any atom is -0.392 e. The van der Waals surface area contributed by atoms with E-state index >= 15 is 0 Å². The van der Waals surface area contributed by atoms with Crippen LogP contribution in [0.2, 0.25) is 15.1 Å². The van der Waals surface area contributed by atoms with Gasteiger partial charge in [0.1, 0.15) is 0 Å². The van der Waals surface area contributed by atoms with Crippen molar-refractivity contribution in [2.75, 3.05) is 14.2 Å². The third-order valence-electron chi connectivity index (χ3n) is 1.95. The van der Waals surface area contributed by atoms with Gasteiger partial charge in [0.25, 0.3) is 0 Å². The third-order valence-corrected chi connectivity index (χ3v) is 4.61. The van der Waals surface area contributed by atoms with Crippen LogP contribution >= 0.6 is 54.2 Å². The second-order valence-electron chi connectivity index (χ2n) is 3.14. The number of phosphoric acid groups is 1. The molecule has 0 atom stereocenters. The fourth-order valence-corrected chi connectivity index (χ4v) is 2.60. The predicted octanol–water partition coefficient (Wildman–Crippen LogP) is 5.60. The van der Waals surface area contributed by atoms with E-state index in [2.05, 4.69) is 9.05 Å². The summed E-state index contributed by atoms with van der Waals surface area (Å²) in [5.41, 5.74) is 0.444. The summed E-state index contributed by atoms with van der Waals surface area (Å²) in [6.45, 7) is 0. The molecule has 0 bridgehead atoms. The average Bonchev–Trinajstić information content (AvgIpc) is 2.35. The topological polar surface area (TPSA) is 44.8 Å². The van der Waals surface area contributed by atoms with Crippen LogP contribution in [0.5, 0.6) is 0 Å². The van der Waals surface area contributed by atoms with Crippen molar-refractivity contribution in [3.63, 3.8) is 0 Å². The Morgan fingerprint density at radius 2 is 1.63 bits per heavy atom. The zero-order chi connectivity index (χ0) is 14.6. The summed E-state index contributed by atoms with van der Waals surface area (Å²) in [7, 11) is -1.38. The Kier molecular flexibility index (Phi) is 6.48. The van der Waals surface area contributed by atoms with Crippen molar-refractivity contribution in [1.29, 1.82) is 0 Å². The highest BCUT2D eigenvalue weighted by Gasteiger charge is 2.25. The van der Waals surface area contributed by atoms with Crippen LogP contribution in [0.3, 0.4) is 0 Å². The Morgan fingerprint density at radius 1 is 1.11 bits per heavy atom. The largest absolute Gasteiger partial charge is 0.530 e. The highest BCUT2D eigenvalue weighted by atomic mass is 35.5. The number of halogens is 4. The summed E-state index contributed by atoms with van der Waals surface area (Å²) in [4.78, 5) is 0. The zero-order valence-electron chi connectivity index (χ0n) is 9.82. The standard InChI is InChI=1S/C10H9Cl4O4P/c1-16-19(15,17-2)18-10(14)4-6-3-8(12)9(13)5-7(6)11/h3-5H,1-2H3/b10-4+. The van der Waals surface area contributed by atoms with E-state index in [0.29, 0.717) is 20.6 Å². The number of benzene rings is 1. The zero-order valence-corrected chi connectivity index (χ0v) is 13.7. The number of phosphoric ester groups is 1. The highest BCUT2D eigenvalue weighted by Crippen LogP contribution is 2.50. The second kappa shape index (κ2) is 7.19. The minimum atomic E-state index is -3.71. The Morgan fingerprint density at radius 3 is 2.16 bits per heavy atom. The first kappa shape index (κ1) is 17.1. The number of hydrogen-bond acceptors (Lipinski definition) is 4. The Labute approximate surface area is 130 Å². The lowest BCUT2D eigenvalue weighted by Gasteiger charge is -2.13. The van der Waals surface area contributed by atoms with Crippen LogP contribution in [-0.4, -0.2) is 14.2 Å². The van der Waals surface area contributed by atoms with Gasteiger partial charge in [0.05, 0.1) is 10.0 Å². The van der Waals surface area contributed by atoms with Crippen molar-refractivity contribution >= 4 is 60.3 Å². The number of rotatable bonds is 5. The van der Waals surface area contributed by atoms with Crippen molar-refractivity contribution in [2.24, 2.45) is 0 Å². The van der Waals surface area contributed by atoms with Gasteiger partial charge in [-0.05, 0) is 29.3 Å². The summed E-state index contributed by atoms with van der Waals surface area (Å²) in [5.74, 6) is 0. The molecule has 9 heteroatoms. The Balaban J connectivity index is 3.03. The first-order valence-corrected chi connectivity index (χ1v) is 7.71. The second-order valence-corrected chi connectivity index (χ2v) is 6.54. The maximum Gasteiger partial charge on any atom is 0.530 e. The van der Waals surface area contributed by atoms with Gasteiger partial charge in [-0.15, -0.1) is 0 Å². The van der Waals surface area contributed by atoms with Gasteiger partial charge in [-0.2, -0.15) is 0 Å². The Bertz CT molecular complexity index is 539. The minimum absolute atomic E-state index is 0.229. The molecule has 0 saturated heterocycles. The average molecular weight is 366 g/mol. The molecule has 1 aromatic carbocycles. The molecule has 0 unspecified atom stereocenters. The van der Waals surface area contributed by atoms with Gasteiger partial charge < -0.3 is 4.52 Å². The van der Waals surface area contributed by atoms with E-state index in [1.54, 1.807) is 0 Å². The van der Waals surface area contributed by atoms with E-state index in [4.69, 9.17) is 50.9 Å². The van der Waals surface area contributed by atoms with E-state index in [0.717, 1.165) is 0 Å². The van der Waals surface area contributed by atoms with E-state index < -0.39 is 7.82 Å². The van der Waals surface area contributed by atoms with Crippen molar-refractivity contribution in [3.05, 3.63) is 38.0 Å². The van der Waals surface area contributed by atoms with Crippen LogP contribution < -0.4 is 0 Å². The Hall–Kier alpha value is 0.0700. The molecular formula is C10H9Cl4O4P. The number of hydrogen-bond donors (Lipinski definition) is 0. The maximum atomic E-state index is 11.7. The normalized spacial score (nSPS) is 12.6. The van der Waals surface area contributed by atoms with Crippen molar-refractivity contribution in [1.82, 2.24) is 0 Å². The van der Waals surface area contributed by atoms with Crippen LogP contribution in [0.4, 0.5) is 0 Å². The van der Waals surface area contributed by atoms with Crippen LogP contribution in [0.1, 0.15) is 5.56 Å². The van der Waals surface area contributed by atoms with Crippen molar-refractivity contribution in [2.45, 2.75) is 0 Å². The summed E-state index contributed by atoms with van der Waals surface area (Å²) in [5, 5.41) is 0.678. The molecule has 0 spiro atoms. The van der Waals surface area contributed by atoms with E-state index in [9.17, 15) is 4.57 Å². The molecule has 0 N–H and O–H groups in total. The van der Waals surface area contributed by atoms with Gasteiger partial charge in [-0.1, -0.05) is 34.8 Å². The van der Waals surface area contributed by atoms with Crippen molar-refractivity contribution in [3.8, 4) is 0 Å². The molecule has 0 aliphatic carbocycles. The molecule has 0 radical (unpaired) electrons. The van der Waals surface area contributed by atoms with Crippen LogP contribution in [0, 0.1) is 0 Å². The van der Waals surface area contributed by atoms with Gasteiger partial charge in [0, 0.05) is 25.3 Å². The van der Waals surface area contributed by atoms with Gasteiger partial charge in [0.15, 0.2) is 5.22 Å².